The first-order valence-corrected chi connectivity index (χ1v) is 13.9. The Morgan fingerprint density at radius 1 is 1.26 bits per heavy atom. The van der Waals surface area contributed by atoms with Crippen LogP contribution in [0.1, 0.15) is 30.6 Å². The molecule has 2 aromatic rings. The molecule has 0 saturated carbocycles. The molecule has 1 atom stereocenters. The predicted octanol–water partition coefficient (Wildman–Crippen LogP) is 3.43. The van der Waals surface area contributed by atoms with Crippen molar-refractivity contribution in [3.05, 3.63) is 54.8 Å². The number of nitrogens with zero attached hydrogens (tertiary/aromatic N) is 8. The molecule has 0 aliphatic carbocycles. The number of ether oxygens (including phenoxy) is 1. The molecule has 12 heteroatoms. The topological polar surface area (TPSA) is 110 Å². The summed E-state index contributed by atoms with van der Waals surface area (Å²) < 4.78 is 5.75. The fraction of sp³-hybridized carbons (Fsp3) is 0.433. The Labute approximate surface area is 248 Å². The highest BCUT2D eigenvalue weighted by molar-refractivity contribution is 6.07. The third-order valence-electron chi connectivity index (χ3n) is 7.08. The van der Waals surface area contributed by atoms with Gasteiger partial charge >= 0.3 is 0 Å². The number of carbonyl (C=O) groups is 2. The summed E-state index contributed by atoms with van der Waals surface area (Å²) in [6.45, 7) is 10.1. The monoisotopic (exact) mass is 577 g/mol. The molecule has 2 heterocycles. The number of aromatic nitrogens is 2. The van der Waals surface area contributed by atoms with Crippen molar-refractivity contribution in [2.45, 2.75) is 32.4 Å². The van der Waals surface area contributed by atoms with Crippen LogP contribution in [-0.2, 0) is 4.79 Å². The number of amidine groups is 1. The second-order valence-corrected chi connectivity index (χ2v) is 10.5. The highest BCUT2D eigenvalue weighted by Gasteiger charge is 2.27. The lowest BCUT2D eigenvalue weighted by Crippen LogP contribution is -2.46. The molecule has 0 spiro atoms. The molecule has 0 bridgehead atoms. The normalized spacial score (nSPS) is 15.5. The minimum atomic E-state index is 0.0802. The van der Waals surface area contributed by atoms with Gasteiger partial charge in [-0.1, -0.05) is 6.08 Å². The van der Waals surface area contributed by atoms with Gasteiger partial charge in [-0.05, 0) is 58.6 Å². The molecule has 226 valence electrons. The number of allylic oxidation sites excluding steroid dienone is 1. The fourth-order valence-corrected chi connectivity index (χ4v) is 4.49. The lowest BCUT2D eigenvalue weighted by atomic mass is 10.2. The molecule has 1 aromatic heterocycles. The van der Waals surface area contributed by atoms with Crippen molar-refractivity contribution in [2.75, 3.05) is 70.2 Å². The lowest BCUT2D eigenvalue weighted by Gasteiger charge is -2.33. The molecule has 0 amide bonds. The van der Waals surface area contributed by atoms with E-state index >= 15 is 0 Å². The summed E-state index contributed by atoms with van der Waals surface area (Å²) >= 11 is 0. The van der Waals surface area contributed by atoms with Gasteiger partial charge in [0.15, 0.2) is 17.9 Å². The Balaban J connectivity index is 2.02. The molecular weight excluding hydrogens is 534 g/mol. The van der Waals surface area contributed by atoms with Gasteiger partial charge in [-0.2, -0.15) is 10.1 Å². The Kier molecular flexibility index (Phi) is 11.6. The average Bonchev–Trinajstić information content (AvgIpc) is 3.46. The molecule has 1 fully saturated rings. The van der Waals surface area contributed by atoms with Crippen molar-refractivity contribution in [3.63, 3.8) is 0 Å². The summed E-state index contributed by atoms with van der Waals surface area (Å²) in [4.78, 5) is 37.1. The first-order chi connectivity index (χ1) is 20.1. The van der Waals surface area contributed by atoms with Crippen molar-refractivity contribution in [1.29, 1.82) is 0 Å². The van der Waals surface area contributed by atoms with Gasteiger partial charge in [0.2, 0.25) is 5.95 Å². The minimum Gasteiger partial charge on any atom is -0.495 e. The maximum absolute atomic E-state index is 12.1. The number of carbonyl (C=O) groups excluding carboxylic acids is 2. The van der Waals surface area contributed by atoms with Gasteiger partial charge in [0.05, 0.1) is 18.4 Å². The maximum Gasteiger partial charge on any atom is 0.229 e. The largest absolute Gasteiger partial charge is 0.495 e. The van der Waals surface area contributed by atoms with Gasteiger partial charge in [0.1, 0.15) is 12.0 Å². The third kappa shape index (κ3) is 7.92. The summed E-state index contributed by atoms with van der Waals surface area (Å²) in [5, 5.41) is 13.2. The fourth-order valence-electron chi connectivity index (χ4n) is 4.49. The second-order valence-electron chi connectivity index (χ2n) is 10.5. The van der Waals surface area contributed by atoms with E-state index in [0.29, 0.717) is 31.0 Å². The van der Waals surface area contributed by atoms with Gasteiger partial charge < -0.3 is 19.9 Å². The van der Waals surface area contributed by atoms with Crippen LogP contribution in [0.3, 0.4) is 0 Å². The Hall–Kier alpha value is -4.29. The van der Waals surface area contributed by atoms with E-state index in [2.05, 4.69) is 40.8 Å². The minimum absolute atomic E-state index is 0.0802. The molecule has 12 nitrogen and oxygen atoms in total. The van der Waals surface area contributed by atoms with Crippen LogP contribution in [0.15, 0.2) is 54.3 Å². The van der Waals surface area contributed by atoms with Crippen LogP contribution < -0.4 is 20.0 Å². The Morgan fingerprint density at radius 2 is 2.02 bits per heavy atom. The number of anilines is 4. The number of benzene rings is 1. The number of hydrogen-bond acceptors (Lipinski definition) is 11. The van der Waals surface area contributed by atoms with Crippen LogP contribution in [0, 0.1) is 0 Å². The van der Waals surface area contributed by atoms with E-state index in [1.54, 1.807) is 34.3 Å². The molecule has 1 unspecified atom stereocenters. The highest BCUT2D eigenvalue weighted by atomic mass is 16.5. The summed E-state index contributed by atoms with van der Waals surface area (Å²) in [6, 6.07) is 6.47. The van der Waals surface area contributed by atoms with E-state index in [0.717, 1.165) is 36.6 Å². The first-order valence-electron chi connectivity index (χ1n) is 13.9. The molecule has 1 aliphatic heterocycles. The Morgan fingerprint density at radius 3 is 2.62 bits per heavy atom. The number of nitrogens with one attached hydrogen (secondary N) is 1. The molecule has 1 aromatic carbocycles. The quantitative estimate of drug-likeness (QED) is 0.0891. The number of hydrazone groups is 1. The van der Waals surface area contributed by atoms with Gasteiger partial charge in [-0.3, -0.25) is 14.6 Å². The lowest BCUT2D eigenvalue weighted by molar-refractivity contribution is -0.104. The summed E-state index contributed by atoms with van der Waals surface area (Å²) in [5.74, 6) is 1.67. The number of methoxy groups -OCH3 is 1. The third-order valence-corrected chi connectivity index (χ3v) is 7.08. The molecule has 0 radical (unpaired) electrons. The molecular formula is C30H43N9O3. The van der Waals surface area contributed by atoms with Crippen LogP contribution in [-0.4, -0.2) is 110 Å². The predicted molar refractivity (Wildman–Crippen MR) is 169 cm³/mol. The van der Waals surface area contributed by atoms with E-state index < -0.39 is 0 Å². The number of hydrogen-bond donors (Lipinski definition) is 1. The SMILES string of the molecule is C=CCN(C)N(C(/C=C\C=O)=N/N(C)C(C)C)c1nc(Nc2ccc(N3CCC(N(C)C)C3)c(OC)c2)ncc1C=O. The van der Waals surface area contributed by atoms with E-state index in [1.165, 1.54) is 12.3 Å². The van der Waals surface area contributed by atoms with Crippen LogP contribution in [0.5, 0.6) is 5.75 Å². The van der Waals surface area contributed by atoms with E-state index in [-0.39, 0.29) is 23.4 Å². The standard InChI is InChI=1S/C30H43N9O3/c1-9-15-36(6)39(28(11-10-17-40)34-37(7)22(2)3)29-23(21-41)19-31-30(33-29)32-24-12-13-26(27(18-24)42-8)38-16-14-25(20-38)35(4)5/h9-13,17-19,21-22,25H,1,14-16,20H2,2-8H3,(H,31,32,33)/b11-10-,34-28+. The first kappa shape index (κ1) is 32.2. The van der Waals surface area contributed by atoms with Gasteiger partial charge in [0, 0.05) is 63.8 Å². The van der Waals surface area contributed by atoms with Crippen molar-refractivity contribution in [1.82, 2.24) is 24.9 Å². The Bertz CT molecular complexity index is 1290. The number of aldehydes is 2. The number of hydrazine groups is 1. The van der Waals surface area contributed by atoms with Crippen LogP contribution in [0.2, 0.25) is 0 Å². The zero-order valence-electron chi connectivity index (χ0n) is 25.7. The van der Waals surface area contributed by atoms with E-state index in [9.17, 15) is 9.59 Å². The van der Waals surface area contributed by atoms with E-state index in [4.69, 9.17) is 14.8 Å². The molecule has 42 heavy (non-hydrogen) atoms. The van der Waals surface area contributed by atoms with Gasteiger partial charge in [-0.15, -0.1) is 6.58 Å². The highest BCUT2D eigenvalue weighted by Crippen LogP contribution is 2.35. The van der Waals surface area contributed by atoms with E-state index in [1.807, 2.05) is 46.1 Å². The van der Waals surface area contributed by atoms with Crippen LogP contribution in [0.4, 0.5) is 23.1 Å². The number of rotatable bonds is 14. The molecule has 1 N–H and O–H groups in total. The van der Waals surface area contributed by atoms with Gasteiger partial charge in [-0.25, -0.2) is 15.0 Å². The maximum atomic E-state index is 12.1. The number of likely N-dealkylation sites (N-methyl/N-ethyl adjacent to an activating group) is 2. The zero-order chi connectivity index (χ0) is 30.8. The van der Waals surface area contributed by atoms with Crippen molar-refractivity contribution >= 4 is 41.5 Å². The summed E-state index contributed by atoms with van der Waals surface area (Å²) in [5.41, 5.74) is 2.00. The van der Waals surface area contributed by atoms with Crippen LogP contribution in [0.25, 0.3) is 0 Å². The summed E-state index contributed by atoms with van der Waals surface area (Å²) in [7, 11) is 9.51. The molecule has 1 saturated heterocycles. The van der Waals surface area contributed by atoms with Crippen molar-refractivity contribution in [3.8, 4) is 5.75 Å². The zero-order valence-corrected chi connectivity index (χ0v) is 25.7. The van der Waals surface area contributed by atoms with Gasteiger partial charge in [0.25, 0.3) is 0 Å². The van der Waals surface area contributed by atoms with Crippen molar-refractivity contribution in [2.24, 2.45) is 5.10 Å². The second kappa shape index (κ2) is 15.1. The van der Waals surface area contributed by atoms with Crippen molar-refractivity contribution < 1.29 is 14.3 Å². The molecule has 1 aliphatic rings. The van der Waals surface area contributed by atoms with Crippen LogP contribution >= 0.6 is 0 Å². The molecule has 3 rings (SSSR count). The smallest absolute Gasteiger partial charge is 0.229 e. The average molecular weight is 578 g/mol. The summed E-state index contributed by atoms with van der Waals surface area (Å²) in [6.07, 6.45) is 8.54.